The van der Waals surface area contributed by atoms with Crippen LogP contribution in [0.15, 0.2) is 56.7 Å². The van der Waals surface area contributed by atoms with E-state index < -0.39 is 0 Å². The summed E-state index contributed by atoms with van der Waals surface area (Å²) >= 11 is 4.75. The molecule has 0 saturated heterocycles. The first-order chi connectivity index (χ1) is 11.1. The number of ketones is 1. The molecule has 3 rings (SSSR count). The zero-order valence-electron chi connectivity index (χ0n) is 12.6. The van der Waals surface area contributed by atoms with Crippen molar-refractivity contribution in [1.82, 2.24) is 14.8 Å². The highest BCUT2D eigenvalue weighted by Gasteiger charge is 2.21. The Hall–Kier alpha value is -1.86. The molecule has 1 atom stereocenters. The van der Waals surface area contributed by atoms with E-state index in [-0.39, 0.29) is 11.0 Å². The Bertz CT molecular complexity index is 812. The molecule has 7 heteroatoms. The van der Waals surface area contributed by atoms with Crippen LogP contribution in [0.25, 0.3) is 11.6 Å². The molecule has 0 amide bonds. The second kappa shape index (κ2) is 6.72. The van der Waals surface area contributed by atoms with Gasteiger partial charge in [0.2, 0.25) is 0 Å². The lowest BCUT2D eigenvalue weighted by atomic mass is 10.1. The van der Waals surface area contributed by atoms with Crippen LogP contribution in [0, 0.1) is 0 Å². The number of rotatable bonds is 5. The van der Waals surface area contributed by atoms with Gasteiger partial charge in [0.1, 0.15) is 0 Å². The number of aromatic nitrogens is 3. The molecule has 0 aliphatic rings. The minimum Gasteiger partial charge on any atom is -0.461 e. The Kier molecular flexibility index (Phi) is 4.68. The maximum atomic E-state index is 12.5. The number of furan rings is 1. The number of benzene rings is 1. The summed E-state index contributed by atoms with van der Waals surface area (Å²) in [4.78, 5) is 12.5. The summed E-state index contributed by atoms with van der Waals surface area (Å²) in [6.45, 7) is 1.87. The number of hydrogen-bond donors (Lipinski definition) is 0. The maximum Gasteiger partial charge on any atom is 0.200 e. The number of hydrogen-bond acceptors (Lipinski definition) is 5. The van der Waals surface area contributed by atoms with Crippen LogP contribution in [-0.2, 0) is 7.05 Å². The highest BCUT2D eigenvalue weighted by Crippen LogP contribution is 2.27. The van der Waals surface area contributed by atoms with Gasteiger partial charge in [0.05, 0.1) is 11.5 Å². The van der Waals surface area contributed by atoms with E-state index in [4.69, 9.17) is 4.42 Å². The van der Waals surface area contributed by atoms with Crippen LogP contribution in [0.3, 0.4) is 0 Å². The molecule has 3 aromatic rings. The normalized spacial score (nSPS) is 12.3. The lowest BCUT2D eigenvalue weighted by molar-refractivity contribution is 0.0994. The molecule has 2 heterocycles. The number of carbonyl (C=O) groups excluding carboxylic acids is 1. The van der Waals surface area contributed by atoms with Crippen LogP contribution in [0.5, 0.6) is 0 Å². The molecule has 0 radical (unpaired) electrons. The molecular weight excluding hydrogens is 378 g/mol. The van der Waals surface area contributed by atoms with Gasteiger partial charge in [0.25, 0.3) is 0 Å². The molecule has 0 spiro atoms. The molecule has 0 aliphatic heterocycles. The summed E-state index contributed by atoms with van der Waals surface area (Å²) in [6, 6.07) is 11.0. The van der Waals surface area contributed by atoms with Gasteiger partial charge in [0.15, 0.2) is 22.5 Å². The molecule has 0 fully saturated rings. The SMILES string of the molecule is C[C@H](Sc1nnc(-c2ccco2)n1C)C(=O)c1ccc(Br)cc1. The van der Waals surface area contributed by atoms with E-state index in [9.17, 15) is 4.79 Å². The van der Waals surface area contributed by atoms with Crippen molar-refractivity contribution in [3.63, 3.8) is 0 Å². The van der Waals surface area contributed by atoms with Gasteiger partial charge < -0.3 is 8.98 Å². The summed E-state index contributed by atoms with van der Waals surface area (Å²) in [6.07, 6.45) is 1.59. The van der Waals surface area contributed by atoms with Gasteiger partial charge in [-0.15, -0.1) is 10.2 Å². The second-order valence-corrected chi connectivity index (χ2v) is 7.20. The number of thioether (sulfide) groups is 1. The topological polar surface area (TPSA) is 60.9 Å². The molecule has 0 aliphatic carbocycles. The minimum atomic E-state index is -0.261. The van der Waals surface area contributed by atoms with Crippen molar-refractivity contribution in [2.45, 2.75) is 17.3 Å². The molecule has 0 N–H and O–H groups in total. The summed E-state index contributed by atoms with van der Waals surface area (Å²) in [5.41, 5.74) is 0.682. The first kappa shape index (κ1) is 16.0. The highest BCUT2D eigenvalue weighted by molar-refractivity contribution is 9.10. The number of carbonyl (C=O) groups is 1. The van der Waals surface area contributed by atoms with E-state index in [1.54, 1.807) is 12.3 Å². The summed E-state index contributed by atoms with van der Waals surface area (Å²) in [5.74, 6) is 1.35. The van der Waals surface area contributed by atoms with Crippen molar-refractivity contribution in [2.75, 3.05) is 0 Å². The smallest absolute Gasteiger partial charge is 0.200 e. The predicted molar refractivity (Wildman–Crippen MR) is 92.5 cm³/mol. The number of nitrogens with zero attached hydrogens (tertiary/aromatic N) is 3. The lowest BCUT2D eigenvalue weighted by Crippen LogP contribution is -2.14. The largest absolute Gasteiger partial charge is 0.461 e. The highest BCUT2D eigenvalue weighted by atomic mass is 79.9. The van der Waals surface area contributed by atoms with E-state index in [1.807, 2.05) is 48.9 Å². The van der Waals surface area contributed by atoms with Gasteiger partial charge in [-0.1, -0.05) is 39.8 Å². The van der Waals surface area contributed by atoms with Crippen LogP contribution >= 0.6 is 27.7 Å². The molecule has 0 bridgehead atoms. The van der Waals surface area contributed by atoms with Crippen LogP contribution in [0.1, 0.15) is 17.3 Å². The minimum absolute atomic E-state index is 0.0602. The maximum absolute atomic E-state index is 12.5. The summed E-state index contributed by atoms with van der Waals surface area (Å²) in [5, 5.41) is 8.71. The standard InChI is InChI=1S/C16H14BrN3O2S/c1-10(14(21)11-5-7-12(17)8-6-11)23-16-19-18-15(20(16)2)13-4-3-9-22-13/h3-10H,1-2H3/t10-/m0/s1. The molecule has 23 heavy (non-hydrogen) atoms. The Morgan fingerprint density at radius 3 is 2.65 bits per heavy atom. The summed E-state index contributed by atoms with van der Waals surface area (Å²) in [7, 11) is 1.86. The third kappa shape index (κ3) is 3.40. The van der Waals surface area contributed by atoms with Crippen molar-refractivity contribution < 1.29 is 9.21 Å². The van der Waals surface area contributed by atoms with E-state index in [0.29, 0.717) is 22.3 Å². The predicted octanol–water partition coefficient (Wildman–Crippen LogP) is 4.20. The monoisotopic (exact) mass is 391 g/mol. The van der Waals surface area contributed by atoms with Crippen LogP contribution in [-0.4, -0.2) is 25.8 Å². The van der Waals surface area contributed by atoms with Crippen molar-refractivity contribution in [3.8, 4) is 11.6 Å². The van der Waals surface area contributed by atoms with Crippen molar-refractivity contribution >= 4 is 33.5 Å². The summed E-state index contributed by atoms with van der Waals surface area (Å²) < 4.78 is 8.12. The molecule has 118 valence electrons. The zero-order valence-corrected chi connectivity index (χ0v) is 15.0. The Labute approximate surface area is 146 Å². The molecule has 2 aromatic heterocycles. The molecular formula is C16H14BrN3O2S. The molecule has 0 unspecified atom stereocenters. The number of halogens is 1. The molecule has 1 aromatic carbocycles. The van der Waals surface area contributed by atoms with Crippen LogP contribution in [0.4, 0.5) is 0 Å². The van der Waals surface area contributed by atoms with Crippen molar-refractivity contribution in [2.24, 2.45) is 7.05 Å². The molecule has 5 nitrogen and oxygen atoms in total. The van der Waals surface area contributed by atoms with Gasteiger partial charge >= 0.3 is 0 Å². The average Bonchev–Trinajstić information content (AvgIpc) is 3.18. The fraction of sp³-hybridized carbons (Fsp3) is 0.188. The Morgan fingerprint density at radius 2 is 2.00 bits per heavy atom. The van der Waals surface area contributed by atoms with Crippen LogP contribution < -0.4 is 0 Å². The lowest BCUT2D eigenvalue weighted by Gasteiger charge is -2.10. The average molecular weight is 392 g/mol. The Balaban J connectivity index is 1.77. The fourth-order valence-corrected chi connectivity index (χ4v) is 3.25. The van der Waals surface area contributed by atoms with Gasteiger partial charge in [-0.05, 0) is 31.2 Å². The van der Waals surface area contributed by atoms with Gasteiger partial charge in [-0.2, -0.15) is 0 Å². The fourth-order valence-electron chi connectivity index (χ4n) is 2.10. The van der Waals surface area contributed by atoms with Crippen molar-refractivity contribution in [1.29, 1.82) is 0 Å². The molecule has 0 saturated carbocycles. The van der Waals surface area contributed by atoms with E-state index in [1.165, 1.54) is 11.8 Å². The first-order valence-electron chi connectivity index (χ1n) is 6.96. The van der Waals surface area contributed by atoms with Gasteiger partial charge in [-0.3, -0.25) is 4.79 Å². The van der Waals surface area contributed by atoms with E-state index in [0.717, 1.165) is 4.47 Å². The first-order valence-corrected chi connectivity index (χ1v) is 8.63. The third-order valence-corrected chi connectivity index (χ3v) is 5.02. The van der Waals surface area contributed by atoms with E-state index in [2.05, 4.69) is 26.1 Å². The number of Topliss-reactive ketones (excluding diaryl/α,β-unsaturated/α-hetero) is 1. The van der Waals surface area contributed by atoms with Gasteiger partial charge in [-0.25, -0.2) is 0 Å². The zero-order chi connectivity index (χ0) is 16.4. The van der Waals surface area contributed by atoms with Gasteiger partial charge in [0, 0.05) is 17.1 Å². The van der Waals surface area contributed by atoms with Crippen LogP contribution in [0.2, 0.25) is 0 Å². The Morgan fingerprint density at radius 1 is 1.26 bits per heavy atom. The van der Waals surface area contributed by atoms with E-state index >= 15 is 0 Å². The van der Waals surface area contributed by atoms with Crippen molar-refractivity contribution in [3.05, 3.63) is 52.7 Å². The quantitative estimate of drug-likeness (QED) is 0.481. The second-order valence-electron chi connectivity index (χ2n) is 4.97. The third-order valence-electron chi connectivity index (χ3n) is 3.36.